The first kappa shape index (κ1) is 14.5. The number of rotatable bonds is 1. The van der Waals surface area contributed by atoms with Crippen LogP contribution in [0.3, 0.4) is 0 Å². The third-order valence-electron chi connectivity index (χ3n) is 5.14. The molecule has 2 aliphatic heterocycles. The zero-order valence-corrected chi connectivity index (χ0v) is 13.1. The van der Waals surface area contributed by atoms with E-state index in [0.29, 0.717) is 18.0 Å². The molecule has 0 radical (unpaired) electrons. The minimum atomic E-state index is -0.171. The number of pyridine rings is 1. The van der Waals surface area contributed by atoms with Crippen LogP contribution < -0.4 is 5.43 Å². The van der Waals surface area contributed by atoms with Crippen LogP contribution in [0.4, 0.5) is 0 Å². The summed E-state index contributed by atoms with van der Waals surface area (Å²) in [5, 5.41) is 0.578. The van der Waals surface area contributed by atoms with Gasteiger partial charge < -0.3 is 9.88 Å². The largest absolute Gasteiger partial charge is 0.360 e. The van der Waals surface area contributed by atoms with Gasteiger partial charge in [-0.15, -0.1) is 0 Å². The Bertz CT molecular complexity index is 798. The van der Waals surface area contributed by atoms with Gasteiger partial charge in [0.25, 0.3) is 5.91 Å². The summed E-state index contributed by atoms with van der Waals surface area (Å²) in [6.07, 6.45) is 5.21. The number of hydrogen-bond acceptors (Lipinski definition) is 3. The number of aromatic amines is 1. The maximum absolute atomic E-state index is 12.8. The van der Waals surface area contributed by atoms with Crippen LogP contribution in [0.25, 0.3) is 10.9 Å². The second-order valence-electron chi connectivity index (χ2n) is 6.51. The van der Waals surface area contributed by atoms with Gasteiger partial charge in [-0.25, -0.2) is 0 Å². The number of aromatic nitrogens is 1. The van der Waals surface area contributed by atoms with Crippen molar-refractivity contribution in [1.82, 2.24) is 14.8 Å². The maximum atomic E-state index is 12.8. The molecule has 120 valence electrons. The Hall–Kier alpha value is -2.14. The van der Waals surface area contributed by atoms with Crippen molar-refractivity contribution in [2.24, 2.45) is 0 Å². The Kier molecular flexibility index (Phi) is 3.65. The Morgan fingerprint density at radius 1 is 1.13 bits per heavy atom. The topological polar surface area (TPSA) is 56.4 Å². The average Bonchev–Trinajstić information content (AvgIpc) is 2.61. The van der Waals surface area contributed by atoms with Crippen LogP contribution >= 0.6 is 0 Å². The first-order valence-corrected chi connectivity index (χ1v) is 8.38. The van der Waals surface area contributed by atoms with Crippen LogP contribution in [0.2, 0.25) is 0 Å². The molecule has 0 aliphatic carbocycles. The van der Waals surface area contributed by atoms with Gasteiger partial charge >= 0.3 is 0 Å². The number of fused-ring (bicyclic) bond motifs is 2. The van der Waals surface area contributed by atoms with Crippen molar-refractivity contribution >= 4 is 16.8 Å². The second-order valence-corrected chi connectivity index (χ2v) is 6.51. The van der Waals surface area contributed by atoms with Gasteiger partial charge in [0.05, 0.1) is 0 Å². The molecule has 1 atom stereocenters. The Morgan fingerprint density at radius 2 is 2.00 bits per heavy atom. The summed E-state index contributed by atoms with van der Waals surface area (Å²) in [5.41, 5.74) is 0.856. The normalized spacial score (nSPS) is 22.1. The van der Waals surface area contributed by atoms with Gasteiger partial charge in [-0.05, 0) is 31.5 Å². The highest BCUT2D eigenvalue weighted by Gasteiger charge is 2.32. The van der Waals surface area contributed by atoms with Crippen LogP contribution in [-0.2, 0) is 0 Å². The highest BCUT2D eigenvalue weighted by molar-refractivity contribution is 5.97. The first-order chi connectivity index (χ1) is 11.2. The highest BCUT2D eigenvalue weighted by atomic mass is 16.2. The van der Waals surface area contributed by atoms with Crippen LogP contribution in [-0.4, -0.2) is 52.9 Å². The molecule has 4 rings (SSSR count). The molecule has 2 aliphatic rings. The fraction of sp³-hybridized carbons (Fsp3) is 0.444. The fourth-order valence-corrected chi connectivity index (χ4v) is 3.84. The number of carbonyl (C=O) groups is 1. The minimum absolute atomic E-state index is 0.137. The van der Waals surface area contributed by atoms with E-state index in [1.54, 1.807) is 12.3 Å². The number of nitrogens with one attached hydrogen (secondary N) is 1. The zero-order chi connectivity index (χ0) is 15.8. The zero-order valence-electron chi connectivity index (χ0n) is 13.1. The maximum Gasteiger partial charge on any atom is 0.259 e. The molecule has 1 amide bonds. The van der Waals surface area contributed by atoms with Crippen molar-refractivity contribution in [2.45, 2.75) is 25.3 Å². The van der Waals surface area contributed by atoms with E-state index in [-0.39, 0.29) is 16.9 Å². The molecule has 23 heavy (non-hydrogen) atoms. The molecule has 0 bridgehead atoms. The molecule has 0 saturated carbocycles. The summed E-state index contributed by atoms with van der Waals surface area (Å²) in [7, 11) is 0. The Balaban J connectivity index is 1.62. The van der Waals surface area contributed by atoms with Crippen LogP contribution in [0.15, 0.2) is 35.3 Å². The molecule has 0 spiro atoms. The second kappa shape index (κ2) is 5.81. The lowest BCUT2D eigenvalue weighted by atomic mass is 9.99. The van der Waals surface area contributed by atoms with Crippen molar-refractivity contribution in [1.29, 1.82) is 0 Å². The number of nitrogens with zero attached hydrogens (tertiary/aromatic N) is 2. The van der Waals surface area contributed by atoms with Crippen molar-refractivity contribution < 1.29 is 4.79 Å². The number of piperazine rings is 1. The smallest absolute Gasteiger partial charge is 0.259 e. The summed E-state index contributed by atoms with van der Waals surface area (Å²) in [6.45, 7) is 3.51. The predicted molar refractivity (Wildman–Crippen MR) is 89.7 cm³/mol. The van der Waals surface area contributed by atoms with Gasteiger partial charge in [0.15, 0.2) is 0 Å². The number of para-hydroxylation sites is 1. The van der Waals surface area contributed by atoms with Crippen LogP contribution in [0.1, 0.15) is 29.6 Å². The monoisotopic (exact) mass is 311 g/mol. The van der Waals surface area contributed by atoms with E-state index < -0.39 is 0 Å². The molecule has 2 fully saturated rings. The lowest BCUT2D eigenvalue weighted by molar-refractivity contribution is 0.0371. The molecule has 3 heterocycles. The minimum Gasteiger partial charge on any atom is -0.360 e. The summed E-state index contributed by atoms with van der Waals surface area (Å²) in [5.74, 6) is -0.137. The SMILES string of the molecule is O=C(c1c[nH]c2ccccc2c1=O)N1CCN2CCCC[C@@H]2C1. The van der Waals surface area contributed by atoms with Crippen LogP contribution in [0.5, 0.6) is 0 Å². The van der Waals surface area contributed by atoms with Crippen molar-refractivity contribution in [3.05, 3.63) is 46.2 Å². The molecular formula is C18H21N3O2. The van der Waals surface area contributed by atoms with E-state index in [2.05, 4.69) is 9.88 Å². The van der Waals surface area contributed by atoms with Crippen molar-refractivity contribution in [3.8, 4) is 0 Å². The van der Waals surface area contributed by atoms with Crippen molar-refractivity contribution in [2.75, 3.05) is 26.2 Å². The number of piperidine rings is 1. The standard InChI is InChI=1S/C18H21N3O2/c22-17-14-6-1-2-7-16(14)19-11-15(17)18(23)21-10-9-20-8-4-3-5-13(20)12-21/h1-2,6-7,11,13H,3-5,8-10,12H2,(H,19,22)/t13-/m1/s1. The lowest BCUT2D eigenvalue weighted by Gasteiger charge is -2.44. The summed E-state index contributed by atoms with van der Waals surface area (Å²) >= 11 is 0. The summed E-state index contributed by atoms with van der Waals surface area (Å²) in [4.78, 5) is 32.9. The van der Waals surface area contributed by atoms with Gasteiger partial charge in [0, 0.05) is 42.8 Å². The number of amides is 1. The van der Waals surface area contributed by atoms with Gasteiger partial charge in [-0.3, -0.25) is 14.5 Å². The predicted octanol–water partition coefficient (Wildman–Crippen LogP) is 1.84. The van der Waals surface area contributed by atoms with Gasteiger partial charge in [-0.2, -0.15) is 0 Å². The van der Waals surface area contributed by atoms with E-state index in [4.69, 9.17) is 0 Å². The quantitative estimate of drug-likeness (QED) is 0.874. The molecule has 1 aromatic heterocycles. The molecule has 1 N–H and O–H groups in total. The Labute approximate surface area is 134 Å². The third kappa shape index (κ3) is 2.55. The van der Waals surface area contributed by atoms with E-state index >= 15 is 0 Å². The summed E-state index contributed by atoms with van der Waals surface area (Å²) < 4.78 is 0. The first-order valence-electron chi connectivity index (χ1n) is 8.38. The van der Waals surface area contributed by atoms with Gasteiger partial charge in [-0.1, -0.05) is 18.6 Å². The van der Waals surface area contributed by atoms with E-state index in [1.807, 2.05) is 23.1 Å². The molecule has 2 aromatic rings. The molecule has 5 heteroatoms. The number of carbonyl (C=O) groups excluding carboxylic acids is 1. The van der Waals surface area contributed by atoms with Gasteiger partial charge in [0.2, 0.25) is 5.43 Å². The van der Waals surface area contributed by atoms with E-state index in [9.17, 15) is 9.59 Å². The molecule has 1 aromatic carbocycles. The van der Waals surface area contributed by atoms with E-state index in [1.165, 1.54) is 12.8 Å². The highest BCUT2D eigenvalue weighted by Crippen LogP contribution is 2.22. The molecule has 2 saturated heterocycles. The number of H-pyrrole nitrogens is 1. The molecule has 0 unspecified atom stereocenters. The summed E-state index contributed by atoms with van der Waals surface area (Å²) in [6, 6.07) is 7.78. The van der Waals surface area contributed by atoms with Crippen molar-refractivity contribution in [3.63, 3.8) is 0 Å². The van der Waals surface area contributed by atoms with Gasteiger partial charge in [0.1, 0.15) is 5.56 Å². The Morgan fingerprint density at radius 3 is 2.91 bits per heavy atom. The third-order valence-corrected chi connectivity index (χ3v) is 5.14. The lowest BCUT2D eigenvalue weighted by Crippen LogP contribution is -2.56. The fourth-order valence-electron chi connectivity index (χ4n) is 3.84. The number of benzene rings is 1. The number of hydrogen-bond donors (Lipinski definition) is 1. The molecular weight excluding hydrogens is 290 g/mol. The average molecular weight is 311 g/mol. The van der Waals surface area contributed by atoms with Crippen LogP contribution in [0, 0.1) is 0 Å². The molecule has 5 nitrogen and oxygen atoms in total. The van der Waals surface area contributed by atoms with E-state index in [0.717, 1.165) is 31.6 Å².